The number of carbonyl (C=O) groups is 1. The van der Waals surface area contributed by atoms with Crippen LogP contribution in [0.25, 0.3) is 0 Å². The Balaban J connectivity index is 2.30. The predicted octanol–water partition coefficient (Wildman–Crippen LogP) is 2.71. The van der Waals surface area contributed by atoms with Crippen LogP contribution in [0.5, 0.6) is 0 Å². The number of aromatic carboxylic acids is 1. The van der Waals surface area contributed by atoms with E-state index in [-0.39, 0.29) is 15.6 Å². The maximum Gasteiger partial charge on any atom is 0.336 e. The largest absolute Gasteiger partial charge is 0.478 e. The first-order valence-corrected chi connectivity index (χ1v) is 8.43. The van der Waals surface area contributed by atoms with Crippen LogP contribution in [0.2, 0.25) is 0 Å². The number of hydrogen-bond acceptors (Lipinski definition) is 5. The second-order valence-corrected chi connectivity index (χ2v) is 7.50. The van der Waals surface area contributed by atoms with E-state index < -0.39 is 16.0 Å². The number of aromatic nitrogens is 1. The van der Waals surface area contributed by atoms with Gasteiger partial charge in [-0.1, -0.05) is 0 Å². The van der Waals surface area contributed by atoms with Gasteiger partial charge in [0, 0.05) is 9.85 Å². The number of carboxylic acid groups (broad SMARTS) is 1. The summed E-state index contributed by atoms with van der Waals surface area (Å²) < 4.78 is 27.2. The van der Waals surface area contributed by atoms with Crippen molar-refractivity contribution in [3.8, 4) is 0 Å². The minimum atomic E-state index is -3.83. The molecule has 0 radical (unpaired) electrons. The van der Waals surface area contributed by atoms with Gasteiger partial charge in [-0.3, -0.25) is 4.72 Å². The topological polar surface area (TPSA) is 96.4 Å². The first kappa shape index (κ1) is 14.9. The molecule has 2 aromatic heterocycles. The molecule has 2 N–H and O–H groups in total. The number of carboxylic acids is 1. The highest BCUT2D eigenvalue weighted by Gasteiger charge is 2.19. The zero-order chi connectivity index (χ0) is 14.9. The lowest BCUT2D eigenvalue weighted by molar-refractivity contribution is 0.0697. The number of pyridine rings is 1. The van der Waals surface area contributed by atoms with E-state index >= 15 is 0 Å². The standard InChI is InChI=1S/C11H9BrN2O4S2/c1-6-8(12)2-3-9(13-6)14-20(17,18)10-4-7(5-19-10)11(15)16/h2-5H,1H3,(H,13,14)(H,15,16). The highest BCUT2D eigenvalue weighted by atomic mass is 79.9. The zero-order valence-corrected chi connectivity index (χ0v) is 13.3. The number of nitrogens with one attached hydrogen (secondary N) is 1. The number of thiophene rings is 1. The molecule has 0 amide bonds. The van der Waals surface area contributed by atoms with Gasteiger partial charge in [0.25, 0.3) is 10.0 Å². The molecule has 106 valence electrons. The number of rotatable bonds is 4. The Bertz CT molecular complexity index is 770. The maximum absolute atomic E-state index is 12.1. The van der Waals surface area contributed by atoms with Gasteiger partial charge in [-0.25, -0.2) is 18.2 Å². The van der Waals surface area contributed by atoms with E-state index in [1.807, 2.05) is 0 Å². The Morgan fingerprint density at radius 2 is 2.15 bits per heavy atom. The third-order valence-electron chi connectivity index (χ3n) is 2.35. The SMILES string of the molecule is Cc1nc(NS(=O)(=O)c2cc(C(=O)O)cs2)ccc1Br. The molecular formula is C11H9BrN2O4S2. The lowest BCUT2D eigenvalue weighted by atomic mass is 10.4. The molecule has 0 bridgehead atoms. The fourth-order valence-corrected chi connectivity index (χ4v) is 3.73. The summed E-state index contributed by atoms with van der Waals surface area (Å²) in [6, 6.07) is 4.30. The number of aryl methyl sites for hydroxylation is 1. The highest BCUT2D eigenvalue weighted by Crippen LogP contribution is 2.23. The van der Waals surface area contributed by atoms with Crippen molar-refractivity contribution in [1.82, 2.24) is 4.98 Å². The lowest BCUT2D eigenvalue weighted by Crippen LogP contribution is -2.13. The van der Waals surface area contributed by atoms with Gasteiger partial charge in [0.05, 0.1) is 11.3 Å². The first-order chi connectivity index (χ1) is 9.29. The van der Waals surface area contributed by atoms with Crippen LogP contribution in [0.3, 0.4) is 0 Å². The van der Waals surface area contributed by atoms with Crippen molar-refractivity contribution in [2.45, 2.75) is 11.1 Å². The molecule has 0 aromatic carbocycles. The smallest absolute Gasteiger partial charge is 0.336 e. The summed E-state index contributed by atoms with van der Waals surface area (Å²) in [5.41, 5.74) is 0.581. The first-order valence-electron chi connectivity index (χ1n) is 5.27. The van der Waals surface area contributed by atoms with E-state index in [4.69, 9.17) is 5.11 Å². The van der Waals surface area contributed by atoms with Crippen molar-refractivity contribution in [2.75, 3.05) is 4.72 Å². The third kappa shape index (κ3) is 3.17. The minimum Gasteiger partial charge on any atom is -0.478 e. The van der Waals surface area contributed by atoms with Gasteiger partial charge in [-0.05, 0) is 41.1 Å². The van der Waals surface area contributed by atoms with Gasteiger partial charge in [-0.2, -0.15) is 0 Å². The summed E-state index contributed by atoms with van der Waals surface area (Å²) in [6.07, 6.45) is 0. The summed E-state index contributed by atoms with van der Waals surface area (Å²) in [6.45, 7) is 1.73. The monoisotopic (exact) mass is 376 g/mol. The fourth-order valence-electron chi connectivity index (χ4n) is 1.36. The van der Waals surface area contributed by atoms with Crippen molar-refractivity contribution in [3.63, 3.8) is 0 Å². The van der Waals surface area contributed by atoms with Crippen LogP contribution in [-0.2, 0) is 10.0 Å². The number of nitrogens with zero attached hydrogens (tertiary/aromatic N) is 1. The normalized spacial score (nSPS) is 11.3. The minimum absolute atomic E-state index is 0.0599. The molecule has 6 nitrogen and oxygen atoms in total. The molecule has 0 saturated carbocycles. The van der Waals surface area contributed by atoms with E-state index in [0.29, 0.717) is 5.69 Å². The van der Waals surface area contributed by atoms with Gasteiger partial charge < -0.3 is 5.11 Å². The van der Waals surface area contributed by atoms with Gasteiger partial charge >= 0.3 is 5.97 Å². The number of halogens is 1. The van der Waals surface area contributed by atoms with E-state index in [2.05, 4.69) is 25.6 Å². The Morgan fingerprint density at radius 3 is 2.70 bits per heavy atom. The van der Waals surface area contributed by atoms with Crippen molar-refractivity contribution in [3.05, 3.63) is 39.3 Å². The summed E-state index contributed by atoms with van der Waals surface area (Å²) in [5.74, 6) is -0.990. The lowest BCUT2D eigenvalue weighted by Gasteiger charge is -2.06. The molecule has 0 aliphatic carbocycles. The number of sulfonamides is 1. The average Bonchev–Trinajstić information content (AvgIpc) is 2.84. The van der Waals surface area contributed by atoms with Crippen LogP contribution >= 0.6 is 27.3 Å². The Morgan fingerprint density at radius 1 is 1.45 bits per heavy atom. The molecule has 20 heavy (non-hydrogen) atoms. The second kappa shape index (κ2) is 5.51. The molecule has 9 heteroatoms. The molecule has 0 aliphatic heterocycles. The van der Waals surface area contributed by atoms with Crippen LogP contribution in [0.15, 0.2) is 32.3 Å². The van der Waals surface area contributed by atoms with Crippen molar-refractivity contribution < 1.29 is 18.3 Å². The molecule has 0 unspecified atom stereocenters. The maximum atomic E-state index is 12.1. The molecule has 0 saturated heterocycles. The summed E-state index contributed by atoms with van der Waals surface area (Å²) >= 11 is 4.11. The summed E-state index contributed by atoms with van der Waals surface area (Å²) in [7, 11) is -3.83. The molecule has 2 aromatic rings. The Hall–Kier alpha value is -1.45. The number of hydrogen-bond donors (Lipinski definition) is 2. The molecular weight excluding hydrogens is 368 g/mol. The van der Waals surface area contributed by atoms with E-state index in [9.17, 15) is 13.2 Å². The van der Waals surface area contributed by atoms with E-state index in [1.165, 1.54) is 11.4 Å². The van der Waals surface area contributed by atoms with Gasteiger partial charge in [0.1, 0.15) is 10.0 Å². The molecule has 2 rings (SSSR count). The highest BCUT2D eigenvalue weighted by molar-refractivity contribution is 9.10. The summed E-state index contributed by atoms with van der Waals surface area (Å²) in [4.78, 5) is 14.8. The van der Waals surface area contributed by atoms with E-state index in [1.54, 1.807) is 13.0 Å². The molecule has 0 spiro atoms. The van der Waals surface area contributed by atoms with Gasteiger partial charge in [0.2, 0.25) is 0 Å². The average molecular weight is 377 g/mol. The van der Waals surface area contributed by atoms with Crippen LogP contribution in [-0.4, -0.2) is 24.5 Å². The Kier molecular flexibility index (Phi) is 4.11. The van der Waals surface area contributed by atoms with Crippen LogP contribution in [0.1, 0.15) is 16.1 Å². The third-order valence-corrected chi connectivity index (χ3v) is 5.98. The van der Waals surface area contributed by atoms with Crippen LogP contribution in [0.4, 0.5) is 5.82 Å². The second-order valence-electron chi connectivity index (χ2n) is 3.83. The van der Waals surface area contributed by atoms with E-state index in [0.717, 1.165) is 21.9 Å². The molecule has 0 fully saturated rings. The Labute approximate surface area is 127 Å². The predicted molar refractivity (Wildman–Crippen MR) is 78.8 cm³/mol. The molecule has 2 heterocycles. The summed E-state index contributed by atoms with van der Waals surface area (Å²) in [5, 5.41) is 10.1. The zero-order valence-electron chi connectivity index (χ0n) is 10.1. The van der Waals surface area contributed by atoms with Crippen LogP contribution < -0.4 is 4.72 Å². The van der Waals surface area contributed by atoms with Crippen molar-refractivity contribution >= 4 is 49.1 Å². The molecule has 0 atom stereocenters. The van der Waals surface area contributed by atoms with Gasteiger partial charge in [-0.15, -0.1) is 11.3 Å². The van der Waals surface area contributed by atoms with Crippen molar-refractivity contribution in [2.24, 2.45) is 0 Å². The molecule has 0 aliphatic rings. The van der Waals surface area contributed by atoms with Crippen molar-refractivity contribution in [1.29, 1.82) is 0 Å². The van der Waals surface area contributed by atoms with Gasteiger partial charge in [0.15, 0.2) is 0 Å². The number of anilines is 1. The fraction of sp³-hybridized carbons (Fsp3) is 0.0909. The quantitative estimate of drug-likeness (QED) is 0.854. The van der Waals surface area contributed by atoms with Crippen LogP contribution in [0, 0.1) is 6.92 Å².